The number of methoxy groups -OCH3 is 1. The SMILES string of the molecule is COc1ccc(-n2cc(-c3ccc(Cl)cc3)nc2NC(=O)CN(C(=O)c2ccc(C)cc2)C2CC2)cc1. The molecule has 5 rings (SSSR count). The number of halogens is 1. The molecule has 1 aliphatic rings. The van der Waals surface area contributed by atoms with Gasteiger partial charge in [0.1, 0.15) is 12.3 Å². The first-order valence-corrected chi connectivity index (χ1v) is 12.5. The summed E-state index contributed by atoms with van der Waals surface area (Å²) in [5.74, 6) is 0.633. The van der Waals surface area contributed by atoms with E-state index in [0.717, 1.165) is 35.4 Å². The van der Waals surface area contributed by atoms with Crippen molar-refractivity contribution in [1.29, 1.82) is 0 Å². The summed E-state index contributed by atoms with van der Waals surface area (Å²) < 4.78 is 7.09. The van der Waals surface area contributed by atoms with Crippen molar-refractivity contribution in [2.45, 2.75) is 25.8 Å². The second kappa shape index (κ2) is 10.5. The van der Waals surface area contributed by atoms with E-state index >= 15 is 0 Å². The number of benzene rings is 3. The van der Waals surface area contributed by atoms with Crippen LogP contribution in [-0.2, 0) is 4.79 Å². The van der Waals surface area contributed by atoms with Gasteiger partial charge in [0, 0.05) is 34.1 Å². The lowest BCUT2D eigenvalue weighted by Crippen LogP contribution is -2.39. The van der Waals surface area contributed by atoms with Crippen LogP contribution in [0.25, 0.3) is 16.9 Å². The van der Waals surface area contributed by atoms with Gasteiger partial charge in [0.2, 0.25) is 11.9 Å². The highest BCUT2D eigenvalue weighted by Crippen LogP contribution is 2.29. The number of aryl methyl sites for hydroxylation is 1. The molecule has 0 bridgehead atoms. The van der Waals surface area contributed by atoms with E-state index in [9.17, 15) is 9.59 Å². The molecule has 3 aromatic carbocycles. The van der Waals surface area contributed by atoms with Gasteiger partial charge >= 0.3 is 0 Å². The Balaban J connectivity index is 1.41. The fourth-order valence-corrected chi connectivity index (χ4v) is 4.23. The van der Waals surface area contributed by atoms with E-state index in [0.29, 0.717) is 22.2 Å². The smallest absolute Gasteiger partial charge is 0.254 e. The van der Waals surface area contributed by atoms with Gasteiger partial charge in [0.15, 0.2) is 0 Å². The van der Waals surface area contributed by atoms with Crippen molar-refractivity contribution >= 4 is 29.4 Å². The van der Waals surface area contributed by atoms with Crippen LogP contribution in [0.15, 0.2) is 79.0 Å². The molecule has 0 unspecified atom stereocenters. The number of aromatic nitrogens is 2. The molecule has 7 nitrogen and oxygen atoms in total. The average molecular weight is 515 g/mol. The molecule has 2 amide bonds. The summed E-state index contributed by atoms with van der Waals surface area (Å²) in [4.78, 5) is 32.8. The molecular weight excluding hydrogens is 488 g/mol. The number of hydrogen-bond donors (Lipinski definition) is 1. The first kappa shape index (κ1) is 24.6. The number of carbonyl (C=O) groups excluding carboxylic acids is 2. The molecule has 0 radical (unpaired) electrons. The summed E-state index contributed by atoms with van der Waals surface area (Å²) in [5.41, 5.74) is 4.00. The number of nitrogens with one attached hydrogen (secondary N) is 1. The number of imidazole rings is 1. The lowest BCUT2D eigenvalue weighted by molar-refractivity contribution is -0.117. The standard InChI is InChI=1S/C29H27ClN4O3/c1-19-3-5-21(6-4-19)28(36)33(23-11-12-23)18-27(35)32-29-31-26(20-7-9-22(30)10-8-20)17-34(29)24-13-15-25(37-2)16-14-24/h3-10,13-17,23H,11-12,18H2,1-2H3,(H,31,32,35). The van der Waals surface area contributed by atoms with Gasteiger partial charge in [0.05, 0.1) is 12.8 Å². The molecule has 1 N–H and O–H groups in total. The van der Waals surface area contributed by atoms with Crippen LogP contribution in [0.5, 0.6) is 5.75 Å². The van der Waals surface area contributed by atoms with Gasteiger partial charge in [-0.15, -0.1) is 0 Å². The highest BCUT2D eigenvalue weighted by Gasteiger charge is 2.34. The number of nitrogens with zero attached hydrogens (tertiary/aromatic N) is 3. The third-order valence-electron chi connectivity index (χ3n) is 6.31. The van der Waals surface area contributed by atoms with Crippen LogP contribution in [0.1, 0.15) is 28.8 Å². The van der Waals surface area contributed by atoms with E-state index < -0.39 is 0 Å². The van der Waals surface area contributed by atoms with Crippen LogP contribution in [0, 0.1) is 6.92 Å². The number of hydrogen-bond acceptors (Lipinski definition) is 4. The number of rotatable bonds is 8. The van der Waals surface area contributed by atoms with Crippen LogP contribution in [0.3, 0.4) is 0 Å². The molecule has 1 aromatic heterocycles. The fraction of sp³-hybridized carbons (Fsp3) is 0.207. The van der Waals surface area contributed by atoms with Gasteiger partial charge in [-0.25, -0.2) is 4.98 Å². The van der Waals surface area contributed by atoms with Gasteiger partial charge in [-0.05, 0) is 68.3 Å². The van der Waals surface area contributed by atoms with Crippen molar-refractivity contribution in [3.8, 4) is 22.7 Å². The molecule has 0 atom stereocenters. The molecule has 1 saturated carbocycles. The molecule has 0 spiro atoms. The minimum atomic E-state index is -0.310. The Bertz CT molecular complexity index is 1410. The Kier molecular flexibility index (Phi) is 6.97. The van der Waals surface area contributed by atoms with E-state index in [1.807, 2.05) is 66.2 Å². The molecule has 1 heterocycles. The largest absolute Gasteiger partial charge is 0.497 e. The van der Waals surface area contributed by atoms with Gasteiger partial charge < -0.3 is 9.64 Å². The van der Waals surface area contributed by atoms with Crippen molar-refractivity contribution in [3.05, 3.63) is 95.1 Å². The zero-order chi connectivity index (χ0) is 25.9. The zero-order valence-electron chi connectivity index (χ0n) is 20.6. The molecular formula is C29H27ClN4O3. The van der Waals surface area contributed by atoms with Crippen LogP contribution < -0.4 is 10.1 Å². The monoisotopic (exact) mass is 514 g/mol. The van der Waals surface area contributed by atoms with Gasteiger partial charge in [-0.3, -0.25) is 19.5 Å². The number of anilines is 1. The van der Waals surface area contributed by atoms with Crippen LogP contribution >= 0.6 is 11.6 Å². The second-order valence-electron chi connectivity index (χ2n) is 9.10. The third-order valence-corrected chi connectivity index (χ3v) is 6.56. The van der Waals surface area contributed by atoms with Crippen LogP contribution in [0.2, 0.25) is 5.02 Å². The number of ether oxygens (including phenoxy) is 1. The van der Waals surface area contributed by atoms with Crippen molar-refractivity contribution < 1.29 is 14.3 Å². The van der Waals surface area contributed by atoms with Crippen molar-refractivity contribution in [2.75, 3.05) is 19.0 Å². The van der Waals surface area contributed by atoms with Gasteiger partial charge in [-0.1, -0.05) is 41.4 Å². The van der Waals surface area contributed by atoms with E-state index in [2.05, 4.69) is 5.32 Å². The zero-order valence-corrected chi connectivity index (χ0v) is 21.4. The Hall–Kier alpha value is -4.10. The van der Waals surface area contributed by atoms with Crippen molar-refractivity contribution in [3.63, 3.8) is 0 Å². The normalized spacial score (nSPS) is 12.7. The average Bonchev–Trinajstić information content (AvgIpc) is 3.67. The molecule has 188 valence electrons. The summed E-state index contributed by atoms with van der Waals surface area (Å²) in [6.45, 7) is 1.92. The quantitative estimate of drug-likeness (QED) is 0.324. The highest BCUT2D eigenvalue weighted by molar-refractivity contribution is 6.30. The van der Waals surface area contributed by atoms with Crippen LogP contribution in [0.4, 0.5) is 5.95 Å². The van der Waals surface area contributed by atoms with E-state index in [1.54, 1.807) is 36.3 Å². The summed E-state index contributed by atoms with van der Waals surface area (Å²) in [6.07, 6.45) is 3.65. The first-order valence-electron chi connectivity index (χ1n) is 12.1. The molecule has 37 heavy (non-hydrogen) atoms. The lowest BCUT2D eigenvalue weighted by Gasteiger charge is -2.22. The molecule has 8 heteroatoms. The Morgan fingerprint density at radius 1 is 1.03 bits per heavy atom. The predicted molar refractivity (Wildman–Crippen MR) is 144 cm³/mol. The molecule has 1 aliphatic carbocycles. The third kappa shape index (κ3) is 5.67. The lowest BCUT2D eigenvalue weighted by atomic mass is 10.1. The van der Waals surface area contributed by atoms with Crippen LogP contribution in [-0.4, -0.2) is 46.0 Å². The summed E-state index contributed by atoms with van der Waals surface area (Å²) in [6, 6.07) is 22.3. The molecule has 0 saturated heterocycles. The maximum absolute atomic E-state index is 13.2. The molecule has 1 fully saturated rings. The maximum atomic E-state index is 13.2. The minimum absolute atomic E-state index is 0.0525. The van der Waals surface area contributed by atoms with Crippen molar-refractivity contribution in [2.24, 2.45) is 0 Å². The van der Waals surface area contributed by atoms with E-state index in [-0.39, 0.29) is 24.4 Å². The first-order chi connectivity index (χ1) is 17.9. The van der Waals surface area contributed by atoms with Gasteiger partial charge in [-0.2, -0.15) is 0 Å². The Labute approximate surface area is 220 Å². The van der Waals surface area contributed by atoms with Crippen molar-refractivity contribution in [1.82, 2.24) is 14.5 Å². The minimum Gasteiger partial charge on any atom is -0.497 e. The molecule has 4 aromatic rings. The second-order valence-corrected chi connectivity index (χ2v) is 9.54. The van der Waals surface area contributed by atoms with Gasteiger partial charge in [0.25, 0.3) is 5.91 Å². The summed E-state index contributed by atoms with van der Waals surface area (Å²) in [7, 11) is 1.61. The Morgan fingerprint density at radius 3 is 2.32 bits per heavy atom. The fourth-order valence-electron chi connectivity index (χ4n) is 4.10. The van der Waals surface area contributed by atoms with E-state index in [4.69, 9.17) is 21.3 Å². The number of amides is 2. The summed E-state index contributed by atoms with van der Waals surface area (Å²) >= 11 is 6.06. The maximum Gasteiger partial charge on any atom is 0.254 e. The predicted octanol–water partition coefficient (Wildman–Crippen LogP) is 5.75. The topological polar surface area (TPSA) is 76.5 Å². The molecule has 0 aliphatic heterocycles. The Morgan fingerprint density at radius 2 is 1.70 bits per heavy atom. The summed E-state index contributed by atoms with van der Waals surface area (Å²) in [5, 5.41) is 3.56. The number of carbonyl (C=O) groups is 2. The highest BCUT2D eigenvalue weighted by atomic mass is 35.5. The van der Waals surface area contributed by atoms with E-state index in [1.165, 1.54) is 0 Å².